The van der Waals surface area contributed by atoms with E-state index in [1.807, 2.05) is 17.8 Å². The van der Waals surface area contributed by atoms with E-state index in [4.69, 9.17) is 10.2 Å². The van der Waals surface area contributed by atoms with Crippen LogP contribution < -0.4 is 5.73 Å². The van der Waals surface area contributed by atoms with Crippen LogP contribution in [0.1, 0.15) is 31.1 Å². The van der Waals surface area contributed by atoms with Crippen molar-refractivity contribution in [3.63, 3.8) is 0 Å². The molecule has 0 bridgehead atoms. The van der Waals surface area contributed by atoms with E-state index in [1.54, 1.807) is 6.26 Å². The lowest BCUT2D eigenvalue weighted by Gasteiger charge is -2.03. The molecule has 0 aliphatic rings. The second-order valence-corrected chi connectivity index (χ2v) is 4.80. The van der Waals surface area contributed by atoms with E-state index in [2.05, 4.69) is 13.8 Å². The van der Waals surface area contributed by atoms with Crippen molar-refractivity contribution in [1.82, 2.24) is 0 Å². The summed E-state index contributed by atoms with van der Waals surface area (Å²) in [6, 6.07) is 2.35. The number of nitrogens with two attached hydrogens (primary N) is 1. The van der Waals surface area contributed by atoms with Gasteiger partial charge >= 0.3 is 0 Å². The Morgan fingerprint density at radius 2 is 2.36 bits per heavy atom. The SMILES string of the molecule is Cc1ccoc1CSCCCC(C)N. The molecule has 0 radical (unpaired) electrons. The molecule has 14 heavy (non-hydrogen) atoms. The number of thioether (sulfide) groups is 1. The van der Waals surface area contributed by atoms with Crippen LogP contribution in [0.4, 0.5) is 0 Å². The van der Waals surface area contributed by atoms with Gasteiger partial charge in [-0.05, 0) is 44.1 Å². The zero-order valence-corrected chi connectivity index (χ0v) is 9.77. The maximum atomic E-state index is 5.67. The quantitative estimate of drug-likeness (QED) is 0.738. The van der Waals surface area contributed by atoms with Crippen molar-refractivity contribution in [2.24, 2.45) is 5.73 Å². The molecule has 0 spiro atoms. The molecule has 3 heteroatoms. The molecule has 1 atom stereocenters. The minimum atomic E-state index is 0.334. The molecule has 80 valence electrons. The second-order valence-electron chi connectivity index (χ2n) is 3.70. The van der Waals surface area contributed by atoms with Crippen molar-refractivity contribution in [2.75, 3.05) is 5.75 Å². The topological polar surface area (TPSA) is 39.2 Å². The fourth-order valence-electron chi connectivity index (χ4n) is 1.22. The number of furan rings is 1. The third-order valence-corrected chi connectivity index (χ3v) is 3.19. The summed E-state index contributed by atoms with van der Waals surface area (Å²) >= 11 is 1.92. The van der Waals surface area contributed by atoms with Gasteiger partial charge in [0.15, 0.2) is 0 Å². The van der Waals surface area contributed by atoms with E-state index in [9.17, 15) is 0 Å². The summed E-state index contributed by atoms with van der Waals surface area (Å²) in [5.41, 5.74) is 6.92. The molecule has 0 aromatic carbocycles. The molecule has 2 nitrogen and oxygen atoms in total. The van der Waals surface area contributed by atoms with Crippen molar-refractivity contribution in [3.05, 3.63) is 23.7 Å². The summed E-state index contributed by atoms with van der Waals surface area (Å²) in [5, 5.41) is 0. The van der Waals surface area contributed by atoms with Gasteiger partial charge in [0.05, 0.1) is 12.0 Å². The highest BCUT2D eigenvalue weighted by Gasteiger charge is 2.01. The van der Waals surface area contributed by atoms with E-state index < -0.39 is 0 Å². The van der Waals surface area contributed by atoms with Gasteiger partial charge < -0.3 is 10.2 Å². The monoisotopic (exact) mass is 213 g/mol. The molecule has 0 amide bonds. The van der Waals surface area contributed by atoms with Gasteiger partial charge in [-0.3, -0.25) is 0 Å². The Morgan fingerprint density at radius 3 is 2.93 bits per heavy atom. The summed E-state index contributed by atoms with van der Waals surface area (Å²) in [6.07, 6.45) is 4.07. The smallest absolute Gasteiger partial charge is 0.116 e. The molecule has 0 fully saturated rings. The molecule has 0 saturated heterocycles. The van der Waals surface area contributed by atoms with Gasteiger partial charge in [0, 0.05) is 6.04 Å². The Bertz CT molecular complexity index is 258. The van der Waals surface area contributed by atoms with Crippen molar-refractivity contribution in [3.8, 4) is 0 Å². The highest BCUT2D eigenvalue weighted by molar-refractivity contribution is 7.98. The normalized spacial score (nSPS) is 13.1. The zero-order chi connectivity index (χ0) is 10.4. The van der Waals surface area contributed by atoms with Gasteiger partial charge in [-0.1, -0.05) is 0 Å². The second kappa shape index (κ2) is 6.14. The maximum absolute atomic E-state index is 5.67. The largest absolute Gasteiger partial charge is 0.468 e. The average Bonchev–Trinajstić information content (AvgIpc) is 2.51. The molecule has 1 unspecified atom stereocenters. The fourth-order valence-corrected chi connectivity index (χ4v) is 2.22. The minimum Gasteiger partial charge on any atom is -0.468 e. The summed E-state index contributed by atoms with van der Waals surface area (Å²) in [4.78, 5) is 0. The van der Waals surface area contributed by atoms with Crippen LogP contribution in [0.25, 0.3) is 0 Å². The van der Waals surface area contributed by atoms with Crippen LogP contribution in [-0.2, 0) is 5.75 Å². The zero-order valence-electron chi connectivity index (χ0n) is 8.95. The van der Waals surface area contributed by atoms with E-state index in [0.29, 0.717) is 6.04 Å². The van der Waals surface area contributed by atoms with Crippen molar-refractivity contribution in [2.45, 2.75) is 38.5 Å². The number of hydrogen-bond donors (Lipinski definition) is 1. The molecule has 1 heterocycles. The number of rotatable bonds is 6. The molecular formula is C11H19NOS. The fraction of sp³-hybridized carbons (Fsp3) is 0.636. The van der Waals surface area contributed by atoms with E-state index in [1.165, 1.54) is 17.7 Å². The molecule has 1 rings (SSSR count). The molecule has 0 aliphatic heterocycles. The Hall–Kier alpha value is -0.410. The Kier molecular flexibility index (Phi) is 5.12. The van der Waals surface area contributed by atoms with Crippen LogP contribution in [0.5, 0.6) is 0 Å². The molecular weight excluding hydrogens is 194 g/mol. The first-order chi connectivity index (χ1) is 6.70. The summed E-state index contributed by atoms with van der Waals surface area (Å²) in [6.45, 7) is 4.14. The van der Waals surface area contributed by atoms with E-state index in [0.717, 1.165) is 17.9 Å². The number of aryl methyl sites for hydroxylation is 1. The minimum absolute atomic E-state index is 0.334. The standard InChI is InChI=1S/C11H19NOS/c1-9-5-6-13-11(9)8-14-7-3-4-10(2)12/h5-6,10H,3-4,7-8,12H2,1-2H3. The Labute approximate surface area is 90.2 Å². The van der Waals surface area contributed by atoms with Gasteiger partial charge in [0.1, 0.15) is 5.76 Å². The average molecular weight is 213 g/mol. The van der Waals surface area contributed by atoms with Crippen LogP contribution in [0.15, 0.2) is 16.7 Å². The van der Waals surface area contributed by atoms with Gasteiger partial charge in [-0.15, -0.1) is 0 Å². The van der Waals surface area contributed by atoms with Gasteiger partial charge in [-0.2, -0.15) is 11.8 Å². The third kappa shape index (κ3) is 4.20. The van der Waals surface area contributed by atoms with Crippen LogP contribution in [-0.4, -0.2) is 11.8 Å². The van der Waals surface area contributed by atoms with Gasteiger partial charge in [0.2, 0.25) is 0 Å². The lowest BCUT2D eigenvalue weighted by atomic mass is 10.2. The predicted molar refractivity (Wildman–Crippen MR) is 62.5 cm³/mol. The first-order valence-corrected chi connectivity index (χ1v) is 6.22. The molecule has 0 aliphatic carbocycles. The van der Waals surface area contributed by atoms with Crippen LogP contribution in [0.3, 0.4) is 0 Å². The van der Waals surface area contributed by atoms with Crippen LogP contribution >= 0.6 is 11.8 Å². The van der Waals surface area contributed by atoms with Gasteiger partial charge in [0.25, 0.3) is 0 Å². The Balaban J connectivity index is 2.08. The van der Waals surface area contributed by atoms with Crippen molar-refractivity contribution in [1.29, 1.82) is 0 Å². The van der Waals surface area contributed by atoms with Gasteiger partial charge in [-0.25, -0.2) is 0 Å². The first kappa shape index (κ1) is 11.7. The Morgan fingerprint density at radius 1 is 1.57 bits per heavy atom. The van der Waals surface area contributed by atoms with Crippen LogP contribution in [0.2, 0.25) is 0 Å². The predicted octanol–water partition coefficient (Wildman–Crippen LogP) is 2.95. The van der Waals surface area contributed by atoms with E-state index in [-0.39, 0.29) is 0 Å². The van der Waals surface area contributed by atoms with Crippen molar-refractivity contribution < 1.29 is 4.42 Å². The van der Waals surface area contributed by atoms with Crippen molar-refractivity contribution >= 4 is 11.8 Å². The van der Waals surface area contributed by atoms with Crippen LogP contribution in [0, 0.1) is 6.92 Å². The highest BCUT2D eigenvalue weighted by Crippen LogP contribution is 2.17. The maximum Gasteiger partial charge on any atom is 0.116 e. The lowest BCUT2D eigenvalue weighted by molar-refractivity contribution is 0.527. The molecule has 2 N–H and O–H groups in total. The lowest BCUT2D eigenvalue weighted by Crippen LogP contribution is -2.14. The summed E-state index contributed by atoms with van der Waals surface area (Å²) in [5.74, 6) is 3.26. The molecule has 1 aromatic heterocycles. The summed E-state index contributed by atoms with van der Waals surface area (Å²) < 4.78 is 5.35. The molecule has 0 saturated carbocycles. The first-order valence-electron chi connectivity index (χ1n) is 5.06. The number of hydrogen-bond acceptors (Lipinski definition) is 3. The summed E-state index contributed by atoms with van der Waals surface area (Å²) in [7, 11) is 0. The third-order valence-electron chi connectivity index (χ3n) is 2.15. The van der Waals surface area contributed by atoms with E-state index >= 15 is 0 Å². The molecule has 1 aromatic rings. The highest BCUT2D eigenvalue weighted by atomic mass is 32.2.